The second-order valence-electron chi connectivity index (χ2n) is 12.1. The van der Waals surface area contributed by atoms with Gasteiger partial charge < -0.3 is 9.64 Å². The molecule has 9 rings (SSSR count). The molecule has 2 nitrogen and oxygen atoms in total. The number of para-hydroxylation sites is 1. The van der Waals surface area contributed by atoms with Crippen LogP contribution >= 0.6 is 0 Å². The quantitative estimate of drug-likeness (QED) is 0.191. The molecule has 0 aliphatic carbocycles. The Morgan fingerprint density at radius 2 is 0.917 bits per heavy atom. The molecule has 8 aromatic carbocycles. The molecule has 0 aromatic heterocycles. The van der Waals surface area contributed by atoms with E-state index in [1.165, 1.54) is 22.3 Å². The van der Waals surface area contributed by atoms with Gasteiger partial charge in [0.15, 0.2) is 0 Å². The van der Waals surface area contributed by atoms with E-state index in [9.17, 15) is 0 Å². The molecular weight excluding hydrogens is 583 g/mol. The zero-order valence-electron chi connectivity index (χ0n) is 26.3. The maximum absolute atomic E-state index is 6.88. The molecule has 0 N–H and O–H groups in total. The first-order chi connectivity index (χ1) is 23.8. The Morgan fingerprint density at radius 1 is 0.354 bits per heavy atom. The minimum absolute atomic E-state index is 0.848. The maximum Gasteiger partial charge on any atom is 0.136 e. The lowest BCUT2D eigenvalue weighted by atomic mass is 9.89. The lowest BCUT2D eigenvalue weighted by Crippen LogP contribution is -2.10. The number of ether oxygens (including phenoxy) is 1. The lowest BCUT2D eigenvalue weighted by molar-refractivity contribution is 0.488. The van der Waals surface area contributed by atoms with Gasteiger partial charge in [-0.15, -0.1) is 0 Å². The Morgan fingerprint density at radius 3 is 1.65 bits per heavy atom. The standard InChI is InChI=1S/C46H31NO/c1-4-13-32(14-5-1)34-23-27-38(28-24-34)47(37-18-8-3-9-19-37)42-22-12-17-35-25-30-44-46(45(35)42)40-21-11-10-20-39(40)41-31-36(26-29-43(41)48-44)33-15-6-2-7-16-33/h1-31H. The van der Waals surface area contributed by atoms with Crippen molar-refractivity contribution in [3.05, 3.63) is 188 Å². The van der Waals surface area contributed by atoms with E-state index in [0.29, 0.717) is 0 Å². The van der Waals surface area contributed by atoms with Gasteiger partial charge in [-0.25, -0.2) is 0 Å². The van der Waals surface area contributed by atoms with Gasteiger partial charge in [-0.3, -0.25) is 0 Å². The summed E-state index contributed by atoms with van der Waals surface area (Å²) in [5.74, 6) is 1.70. The summed E-state index contributed by atoms with van der Waals surface area (Å²) in [4.78, 5) is 2.37. The Bertz CT molecular complexity index is 2400. The van der Waals surface area contributed by atoms with Gasteiger partial charge in [0.2, 0.25) is 0 Å². The molecule has 0 fully saturated rings. The number of anilines is 3. The average molecular weight is 614 g/mol. The van der Waals surface area contributed by atoms with E-state index >= 15 is 0 Å². The minimum atomic E-state index is 0.848. The molecule has 0 atom stereocenters. The van der Waals surface area contributed by atoms with Crippen molar-refractivity contribution in [2.24, 2.45) is 0 Å². The SMILES string of the molecule is c1ccc(-c2ccc(N(c3ccccc3)c3cccc4ccc5c(c34)-c3ccccc3-c3cc(-c4ccccc4)ccc3O5)cc2)cc1. The van der Waals surface area contributed by atoms with E-state index in [1.54, 1.807) is 0 Å². The first-order valence-corrected chi connectivity index (χ1v) is 16.4. The number of hydrogen-bond acceptors (Lipinski definition) is 2. The van der Waals surface area contributed by atoms with Crippen molar-refractivity contribution in [3.63, 3.8) is 0 Å². The second-order valence-corrected chi connectivity index (χ2v) is 12.1. The molecule has 2 heteroatoms. The summed E-state index contributed by atoms with van der Waals surface area (Å²) in [7, 11) is 0. The highest BCUT2D eigenvalue weighted by Crippen LogP contribution is 2.53. The van der Waals surface area contributed by atoms with Gasteiger partial charge >= 0.3 is 0 Å². The Kier molecular flexibility index (Phi) is 6.84. The molecule has 0 saturated carbocycles. The van der Waals surface area contributed by atoms with Crippen molar-refractivity contribution in [2.45, 2.75) is 0 Å². The van der Waals surface area contributed by atoms with Gasteiger partial charge in [0, 0.05) is 27.9 Å². The largest absolute Gasteiger partial charge is 0.456 e. The van der Waals surface area contributed by atoms with E-state index in [2.05, 4.69) is 193 Å². The van der Waals surface area contributed by atoms with E-state index in [0.717, 1.165) is 61.6 Å². The average Bonchev–Trinajstić information content (AvgIpc) is 3.31. The number of benzene rings is 8. The van der Waals surface area contributed by atoms with Gasteiger partial charge in [-0.05, 0) is 87.3 Å². The summed E-state index contributed by atoms with van der Waals surface area (Å²) in [6.07, 6.45) is 0. The number of fused-ring (bicyclic) bond motifs is 7. The molecule has 226 valence electrons. The van der Waals surface area contributed by atoms with Crippen molar-refractivity contribution >= 4 is 27.8 Å². The van der Waals surface area contributed by atoms with Crippen molar-refractivity contribution in [1.29, 1.82) is 0 Å². The highest BCUT2D eigenvalue weighted by molar-refractivity contribution is 6.12. The minimum Gasteiger partial charge on any atom is -0.456 e. The van der Waals surface area contributed by atoms with Crippen molar-refractivity contribution in [2.75, 3.05) is 4.90 Å². The smallest absolute Gasteiger partial charge is 0.136 e. The Labute approximate surface area is 280 Å². The van der Waals surface area contributed by atoms with Crippen LogP contribution in [-0.4, -0.2) is 0 Å². The predicted molar refractivity (Wildman–Crippen MR) is 200 cm³/mol. The van der Waals surface area contributed by atoms with Crippen LogP contribution in [0.4, 0.5) is 17.1 Å². The topological polar surface area (TPSA) is 12.5 Å². The maximum atomic E-state index is 6.88. The van der Waals surface area contributed by atoms with Crippen LogP contribution in [0.1, 0.15) is 0 Å². The molecule has 1 aliphatic heterocycles. The molecule has 8 aromatic rings. The zero-order chi connectivity index (χ0) is 31.9. The predicted octanol–water partition coefficient (Wildman–Crippen LogP) is 13.1. The summed E-state index contributed by atoms with van der Waals surface area (Å²) < 4.78 is 6.88. The third kappa shape index (κ3) is 4.83. The van der Waals surface area contributed by atoms with Crippen LogP contribution in [0.3, 0.4) is 0 Å². The molecule has 0 saturated heterocycles. The van der Waals surface area contributed by atoms with E-state index in [4.69, 9.17) is 4.74 Å². The van der Waals surface area contributed by atoms with Crippen molar-refractivity contribution in [1.82, 2.24) is 0 Å². The fraction of sp³-hybridized carbons (Fsp3) is 0. The normalized spacial score (nSPS) is 11.5. The van der Waals surface area contributed by atoms with Gasteiger partial charge in [0.1, 0.15) is 11.5 Å². The highest BCUT2D eigenvalue weighted by Gasteiger charge is 2.26. The zero-order valence-corrected chi connectivity index (χ0v) is 26.3. The van der Waals surface area contributed by atoms with E-state index in [-0.39, 0.29) is 0 Å². The fourth-order valence-electron chi connectivity index (χ4n) is 7.01. The number of nitrogens with zero attached hydrogens (tertiary/aromatic N) is 1. The summed E-state index contributed by atoms with van der Waals surface area (Å²) in [5, 5.41) is 2.30. The van der Waals surface area contributed by atoms with E-state index < -0.39 is 0 Å². The van der Waals surface area contributed by atoms with Gasteiger partial charge in [0.05, 0.1) is 5.69 Å². The Hall–Kier alpha value is -6.38. The second kappa shape index (κ2) is 11.8. The summed E-state index contributed by atoms with van der Waals surface area (Å²) in [6, 6.07) is 66.7. The molecule has 0 spiro atoms. The molecule has 0 amide bonds. The molecule has 1 heterocycles. The van der Waals surface area contributed by atoms with Crippen LogP contribution in [0, 0.1) is 0 Å². The summed E-state index contributed by atoms with van der Waals surface area (Å²) >= 11 is 0. The number of rotatable bonds is 5. The molecule has 1 aliphatic rings. The van der Waals surface area contributed by atoms with Crippen LogP contribution in [0.2, 0.25) is 0 Å². The third-order valence-electron chi connectivity index (χ3n) is 9.27. The van der Waals surface area contributed by atoms with Crippen LogP contribution in [0.15, 0.2) is 188 Å². The Balaban J connectivity index is 1.27. The van der Waals surface area contributed by atoms with Crippen molar-refractivity contribution < 1.29 is 4.74 Å². The summed E-state index contributed by atoms with van der Waals surface area (Å²) in [5.41, 5.74) is 12.5. The first kappa shape index (κ1) is 27.9. The first-order valence-electron chi connectivity index (χ1n) is 16.4. The number of hydrogen-bond donors (Lipinski definition) is 0. The molecule has 0 radical (unpaired) electrons. The van der Waals surface area contributed by atoms with Crippen LogP contribution in [-0.2, 0) is 0 Å². The molecule has 0 unspecified atom stereocenters. The monoisotopic (exact) mass is 613 g/mol. The van der Waals surface area contributed by atoms with Gasteiger partial charge in [0.25, 0.3) is 0 Å². The highest BCUT2D eigenvalue weighted by atomic mass is 16.5. The molecular formula is C46H31NO. The molecule has 48 heavy (non-hydrogen) atoms. The fourth-order valence-corrected chi connectivity index (χ4v) is 7.01. The molecule has 0 bridgehead atoms. The third-order valence-corrected chi connectivity index (χ3v) is 9.27. The summed E-state index contributed by atoms with van der Waals surface area (Å²) in [6.45, 7) is 0. The van der Waals surface area contributed by atoms with Gasteiger partial charge in [-0.1, -0.05) is 140 Å². The lowest BCUT2D eigenvalue weighted by Gasteiger charge is -2.28. The van der Waals surface area contributed by atoms with Crippen LogP contribution < -0.4 is 9.64 Å². The van der Waals surface area contributed by atoms with Crippen molar-refractivity contribution in [3.8, 4) is 56.0 Å². The van der Waals surface area contributed by atoms with Crippen LogP contribution in [0.5, 0.6) is 11.5 Å². The van der Waals surface area contributed by atoms with E-state index in [1.807, 2.05) is 0 Å². The van der Waals surface area contributed by atoms with Crippen LogP contribution in [0.25, 0.3) is 55.3 Å². The van der Waals surface area contributed by atoms with Gasteiger partial charge in [-0.2, -0.15) is 0 Å².